The summed E-state index contributed by atoms with van der Waals surface area (Å²) in [7, 11) is 0. The summed E-state index contributed by atoms with van der Waals surface area (Å²) in [5, 5.41) is 5.16. The fraction of sp³-hybridized carbons (Fsp3) is 0.862. The van der Waals surface area contributed by atoms with Crippen LogP contribution in [0.5, 0.6) is 0 Å². The van der Waals surface area contributed by atoms with Gasteiger partial charge in [0.15, 0.2) is 5.82 Å². The van der Waals surface area contributed by atoms with Gasteiger partial charge in [-0.15, -0.1) is 0 Å². The van der Waals surface area contributed by atoms with Gasteiger partial charge in [-0.3, -0.25) is 9.58 Å². The maximum absolute atomic E-state index is 12.4. The van der Waals surface area contributed by atoms with E-state index in [9.17, 15) is 4.79 Å². The van der Waals surface area contributed by atoms with Crippen molar-refractivity contribution in [1.82, 2.24) is 19.6 Å². The van der Waals surface area contributed by atoms with Crippen molar-refractivity contribution >= 4 is 11.9 Å². The SMILES string of the molecule is Cc1cc(N2CC[C@@H](CN3CCC4COCC43)CC2(C)C)nn1C1CC2(C1)CN(C(=O)OC(C)(C)C)C2. The first-order chi connectivity index (χ1) is 17.4. The van der Waals surface area contributed by atoms with Crippen molar-refractivity contribution in [2.75, 3.05) is 50.8 Å². The lowest BCUT2D eigenvalue weighted by atomic mass is 9.61. The van der Waals surface area contributed by atoms with Crippen LogP contribution >= 0.6 is 0 Å². The number of fused-ring (bicyclic) bond motifs is 1. The second-order valence-corrected chi connectivity index (χ2v) is 14.5. The Morgan fingerprint density at radius 1 is 1.14 bits per heavy atom. The standard InChI is InChI=1S/C29H47N5O3/c1-20-11-25(30-34(20)23-13-29(14-23)18-32(19-29)26(35)37-27(2,3)4)33-10-7-21(12-28(33,5)6)15-31-9-8-22-16-36-17-24(22)31/h11,21-24H,7-10,12-19H2,1-6H3/t21-,22?,24?/m1/s1. The number of carbonyl (C=O) groups is 1. The lowest BCUT2D eigenvalue weighted by molar-refractivity contribution is -0.0930. The summed E-state index contributed by atoms with van der Waals surface area (Å²) in [6.07, 6.45) is 5.78. The van der Waals surface area contributed by atoms with Gasteiger partial charge in [-0.05, 0) is 86.1 Å². The molecule has 1 aromatic rings. The monoisotopic (exact) mass is 513 g/mol. The largest absolute Gasteiger partial charge is 0.444 e. The van der Waals surface area contributed by atoms with Crippen molar-refractivity contribution in [3.8, 4) is 0 Å². The molecule has 0 aromatic carbocycles. The van der Waals surface area contributed by atoms with Crippen LogP contribution in [-0.2, 0) is 9.47 Å². The van der Waals surface area contributed by atoms with Gasteiger partial charge in [0.25, 0.3) is 0 Å². The highest BCUT2D eigenvalue weighted by molar-refractivity contribution is 5.69. The highest BCUT2D eigenvalue weighted by Crippen LogP contribution is 2.54. The first-order valence-corrected chi connectivity index (χ1v) is 14.5. The van der Waals surface area contributed by atoms with E-state index < -0.39 is 5.60 Å². The summed E-state index contributed by atoms with van der Waals surface area (Å²) in [5.41, 5.74) is 1.18. The molecule has 5 aliphatic rings. The van der Waals surface area contributed by atoms with Crippen LogP contribution in [0.25, 0.3) is 0 Å². The summed E-state index contributed by atoms with van der Waals surface area (Å²) in [4.78, 5) is 19.5. The van der Waals surface area contributed by atoms with Crippen LogP contribution < -0.4 is 4.90 Å². The Balaban J connectivity index is 1.03. The fourth-order valence-electron chi connectivity index (χ4n) is 8.00. The number of hydrogen-bond acceptors (Lipinski definition) is 6. The lowest BCUT2D eigenvalue weighted by Crippen LogP contribution is -2.64. The predicted octanol–water partition coefficient (Wildman–Crippen LogP) is 4.48. The molecular weight excluding hydrogens is 466 g/mol. The molecule has 0 radical (unpaired) electrons. The third kappa shape index (κ3) is 4.77. The van der Waals surface area contributed by atoms with E-state index in [0.717, 1.165) is 63.3 Å². The van der Waals surface area contributed by atoms with Crippen molar-refractivity contribution in [1.29, 1.82) is 0 Å². The van der Waals surface area contributed by atoms with Gasteiger partial charge < -0.3 is 19.3 Å². The number of aryl methyl sites for hydroxylation is 1. The molecule has 1 saturated carbocycles. The Bertz CT molecular complexity index is 1020. The van der Waals surface area contributed by atoms with E-state index >= 15 is 0 Å². The molecule has 2 unspecified atom stereocenters. The number of rotatable bonds is 4. The van der Waals surface area contributed by atoms with Crippen LogP contribution in [0.4, 0.5) is 10.6 Å². The summed E-state index contributed by atoms with van der Waals surface area (Å²) in [6, 6.07) is 3.39. The zero-order chi connectivity index (χ0) is 26.2. The molecule has 6 rings (SSSR count). The van der Waals surface area contributed by atoms with Gasteiger partial charge in [0.2, 0.25) is 0 Å². The molecule has 1 aliphatic carbocycles. The number of anilines is 1. The molecule has 4 aliphatic heterocycles. The summed E-state index contributed by atoms with van der Waals surface area (Å²) in [6.45, 7) is 19.9. The third-order valence-corrected chi connectivity index (χ3v) is 9.77. The Hall–Kier alpha value is -1.80. The molecule has 4 saturated heterocycles. The molecule has 1 spiro atoms. The van der Waals surface area contributed by atoms with Crippen LogP contribution in [0.15, 0.2) is 6.07 Å². The van der Waals surface area contributed by atoms with Gasteiger partial charge in [-0.25, -0.2) is 4.79 Å². The molecule has 0 bridgehead atoms. The predicted molar refractivity (Wildman–Crippen MR) is 144 cm³/mol. The van der Waals surface area contributed by atoms with Crippen LogP contribution in [0.3, 0.4) is 0 Å². The number of nitrogens with zero attached hydrogens (tertiary/aromatic N) is 5. The van der Waals surface area contributed by atoms with E-state index in [4.69, 9.17) is 14.6 Å². The molecule has 8 heteroatoms. The summed E-state index contributed by atoms with van der Waals surface area (Å²) in [5.74, 6) is 2.65. The van der Waals surface area contributed by atoms with E-state index in [0.29, 0.717) is 12.1 Å². The zero-order valence-electron chi connectivity index (χ0n) is 23.8. The third-order valence-electron chi connectivity index (χ3n) is 9.77. The Morgan fingerprint density at radius 2 is 1.89 bits per heavy atom. The normalized spacial score (nSPS) is 31.4. The maximum atomic E-state index is 12.4. The lowest BCUT2D eigenvalue weighted by Gasteiger charge is -2.58. The van der Waals surface area contributed by atoms with E-state index in [1.807, 2.05) is 25.7 Å². The minimum atomic E-state index is -0.436. The highest BCUT2D eigenvalue weighted by atomic mass is 16.6. The second kappa shape index (κ2) is 8.87. The number of likely N-dealkylation sites (tertiary alicyclic amines) is 2. The number of hydrogen-bond donors (Lipinski definition) is 0. The van der Waals surface area contributed by atoms with E-state index in [1.54, 1.807) is 0 Å². The van der Waals surface area contributed by atoms with Crippen LogP contribution in [0.1, 0.15) is 78.5 Å². The maximum Gasteiger partial charge on any atom is 0.410 e. The van der Waals surface area contributed by atoms with E-state index in [1.165, 1.54) is 38.0 Å². The average molecular weight is 514 g/mol. The van der Waals surface area contributed by atoms with E-state index in [-0.39, 0.29) is 17.0 Å². The quantitative estimate of drug-likeness (QED) is 0.592. The number of amides is 1. The smallest absolute Gasteiger partial charge is 0.410 e. The van der Waals surface area contributed by atoms with Gasteiger partial charge in [-0.1, -0.05) is 0 Å². The summed E-state index contributed by atoms with van der Waals surface area (Å²) >= 11 is 0. The molecule has 37 heavy (non-hydrogen) atoms. The Kier molecular flexibility index (Phi) is 6.11. The topological polar surface area (TPSA) is 63.1 Å². The Labute approximate surface area is 222 Å². The van der Waals surface area contributed by atoms with Crippen LogP contribution in [0, 0.1) is 24.2 Å². The highest BCUT2D eigenvalue weighted by Gasteiger charge is 2.55. The molecule has 0 N–H and O–H groups in total. The Morgan fingerprint density at radius 3 is 2.59 bits per heavy atom. The van der Waals surface area contributed by atoms with Gasteiger partial charge in [-0.2, -0.15) is 5.10 Å². The molecule has 1 amide bonds. The average Bonchev–Trinajstić information content (AvgIpc) is 3.42. The van der Waals surface area contributed by atoms with Crippen molar-refractivity contribution in [2.45, 2.75) is 96.9 Å². The van der Waals surface area contributed by atoms with Gasteiger partial charge in [0, 0.05) is 60.9 Å². The first kappa shape index (κ1) is 25.5. The number of ether oxygens (including phenoxy) is 2. The van der Waals surface area contributed by atoms with Gasteiger partial charge in [0.1, 0.15) is 5.60 Å². The fourth-order valence-corrected chi connectivity index (χ4v) is 8.00. The van der Waals surface area contributed by atoms with Gasteiger partial charge >= 0.3 is 6.09 Å². The molecule has 8 nitrogen and oxygen atoms in total. The van der Waals surface area contributed by atoms with Crippen LogP contribution in [-0.4, -0.2) is 88.8 Å². The zero-order valence-corrected chi connectivity index (χ0v) is 23.8. The minimum absolute atomic E-state index is 0.0998. The molecule has 5 heterocycles. The molecule has 3 atom stereocenters. The van der Waals surface area contributed by atoms with Gasteiger partial charge in [0.05, 0.1) is 19.3 Å². The van der Waals surface area contributed by atoms with E-state index in [2.05, 4.69) is 41.3 Å². The summed E-state index contributed by atoms with van der Waals surface area (Å²) < 4.78 is 13.6. The first-order valence-electron chi connectivity index (χ1n) is 14.5. The van der Waals surface area contributed by atoms with Crippen molar-refractivity contribution < 1.29 is 14.3 Å². The van der Waals surface area contributed by atoms with Crippen molar-refractivity contribution in [2.24, 2.45) is 17.3 Å². The molecule has 5 fully saturated rings. The number of piperidine rings is 1. The number of aromatic nitrogens is 2. The molecule has 1 aromatic heterocycles. The van der Waals surface area contributed by atoms with Crippen LogP contribution in [0.2, 0.25) is 0 Å². The molecular formula is C29H47N5O3. The molecule has 206 valence electrons. The second-order valence-electron chi connectivity index (χ2n) is 14.5. The van der Waals surface area contributed by atoms with Crippen molar-refractivity contribution in [3.05, 3.63) is 11.8 Å². The van der Waals surface area contributed by atoms with Crippen molar-refractivity contribution in [3.63, 3.8) is 0 Å². The number of carbonyl (C=O) groups excluding carboxylic acids is 1. The minimum Gasteiger partial charge on any atom is -0.444 e.